The monoisotopic (exact) mass is 349 g/mol. The lowest BCUT2D eigenvalue weighted by Gasteiger charge is -2.07. The Morgan fingerprint density at radius 1 is 1.29 bits per heavy atom. The zero-order chi connectivity index (χ0) is 17.3. The number of amides is 3. The summed E-state index contributed by atoms with van der Waals surface area (Å²) >= 11 is 1.33. The molecule has 0 fully saturated rings. The van der Waals surface area contributed by atoms with E-state index in [9.17, 15) is 14.4 Å². The highest BCUT2D eigenvalue weighted by Gasteiger charge is 2.29. The topological polar surface area (TPSA) is 111 Å². The van der Waals surface area contributed by atoms with Crippen molar-refractivity contribution in [1.82, 2.24) is 10.5 Å². The molecule has 8 nitrogen and oxygen atoms in total. The molecular formula is C15H15N3O5S. The zero-order valence-corrected chi connectivity index (χ0v) is 13.9. The van der Waals surface area contributed by atoms with E-state index in [1.807, 2.05) is 0 Å². The molecule has 0 saturated carbocycles. The largest absolute Gasteiger partial charge is 0.453 e. The molecule has 0 bridgehead atoms. The van der Waals surface area contributed by atoms with E-state index in [0.29, 0.717) is 16.3 Å². The third-order valence-corrected chi connectivity index (χ3v) is 4.84. The summed E-state index contributed by atoms with van der Waals surface area (Å²) in [6, 6.07) is 1.50. The normalized spacial score (nSPS) is 12.6. The van der Waals surface area contributed by atoms with Gasteiger partial charge < -0.3 is 14.6 Å². The highest BCUT2D eigenvalue weighted by molar-refractivity contribution is 7.17. The van der Waals surface area contributed by atoms with Crippen LogP contribution in [0.1, 0.15) is 43.5 Å². The number of methoxy groups -OCH3 is 1. The van der Waals surface area contributed by atoms with Crippen LogP contribution in [0.25, 0.3) is 0 Å². The Morgan fingerprint density at radius 3 is 2.75 bits per heavy atom. The van der Waals surface area contributed by atoms with Gasteiger partial charge in [0.15, 0.2) is 0 Å². The number of anilines is 1. The third-order valence-electron chi connectivity index (χ3n) is 3.63. The summed E-state index contributed by atoms with van der Waals surface area (Å²) in [4.78, 5) is 37.0. The average molecular weight is 349 g/mol. The summed E-state index contributed by atoms with van der Waals surface area (Å²) in [5.74, 6) is -1.03. The fraction of sp³-hybridized carbons (Fsp3) is 0.333. The van der Waals surface area contributed by atoms with Crippen LogP contribution in [0.2, 0.25) is 0 Å². The summed E-state index contributed by atoms with van der Waals surface area (Å²) in [7, 11) is 1.18. The van der Waals surface area contributed by atoms with Crippen LogP contribution in [0.15, 0.2) is 10.6 Å². The van der Waals surface area contributed by atoms with E-state index in [4.69, 9.17) is 4.52 Å². The maximum absolute atomic E-state index is 12.4. The molecule has 1 aliphatic carbocycles. The predicted molar refractivity (Wildman–Crippen MR) is 85.4 cm³/mol. The summed E-state index contributed by atoms with van der Waals surface area (Å²) in [5, 5.41) is 8.87. The van der Waals surface area contributed by atoms with Gasteiger partial charge in [-0.2, -0.15) is 0 Å². The van der Waals surface area contributed by atoms with Gasteiger partial charge in [0.05, 0.1) is 18.4 Å². The number of nitrogens with zero attached hydrogens (tertiary/aromatic N) is 1. The SMILES string of the molecule is COC(=O)NC(=O)c1c(NC(=O)c2cc(C)no2)sc2c1CCC2. The molecule has 2 aromatic rings. The van der Waals surface area contributed by atoms with E-state index in [1.54, 1.807) is 6.92 Å². The number of thiophene rings is 1. The van der Waals surface area contributed by atoms with Crippen molar-refractivity contribution in [2.24, 2.45) is 0 Å². The first-order valence-electron chi connectivity index (χ1n) is 7.28. The first kappa shape index (κ1) is 16.2. The van der Waals surface area contributed by atoms with Crippen molar-refractivity contribution in [3.63, 3.8) is 0 Å². The van der Waals surface area contributed by atoms with Crippen LogP contribution in [-0.2, 0) is 17.6 Å². The van der Waals surface area contributed by atoms with Gasteiger partial charge in [-0.3, -0.25) is 14.9 Å². The minimum Gasteiger partial charge on any atom is -0.453 e. The van der Waals surface area contributed by atoms with Crippen LogP contribution >= 0.6 is 11.3 Å². The number of fused-ring (bicyclic) bond motifs is 1. The lowest BCUT2D eigenvalue weighted by molar-refractivity contribution is 0.0937. The lowest BCUT2D eigenvalue weighted by atomic mass is 10.1. The minimum atomic E-state index is -0.846. The van der Waals surface area contributed by atoms with Crippen LogP contribution in [0.3, 0.4) is 0 Å². The fourth-order valence-electron chi connectivity index (χ4n) is 2.57. The van der Waals surface area contributed by atoms with Crippen molar-refractivity contribution < 1.29 is 23.6 Å². The maximum Gasteiger partial charge on any atom is 0.413 e. The minimum absolute atomic E-state index is 0.0559. The van der Waals surface area contributed by atoms with Gasteiger partial charge in [-0.05, 0) is 31.7 Å². The van der Waals surface area contributed by atoms with Gasteiger partial charge in [0, 0.05) is 10.9 Å². The molecule has 0 radical (unpaired) electrons. The Kier molecular flexibility index (Phi) is 4.34. The van der Waals surface area contributed by atoms with Gasteiger partial charge in [-0.15, -0.1) is 11.3 Å². The van der Waals surface area contributed by atoms with Crippen LogP contribution in [0.5, 0.6) is 0 Å². The molecular weight excluding hydrogens is 334 g/mol. The number of carbonyl (C=O) groups is 3. The van der Waals surface area contributed by atoms with Crippen LogP contribution in [0.4, 0.5) is 9.80 Å². The third kappa shape index (κ3) is 3.02. The van der Waals surface area contributed by atoms with Gasteiger partial charge >= 0.3 is 6.09 Å². The second-order valence-electron chi connectivity index (χ2n) is 5.29. The fourth-order valence-corrected chi connectivity index (χ4v) is 3.86. The number of alkyl carbamates (subject to hydrolysis) is 1. The molecule has 1 aliphatic rings. The Labute approximate surface area is 141 Å². The molecule has 9 heteroatoms. The van der Waals surface area contributed by atoms with Crippen LogP contribution in [-0.4, -0.2) is 30.2 Å². The Bertz CT molecular complexity index is 823. The molecule has 2 N–H and O–H groups in total. The van der Waals surface area contributed by atoms with Gasteiger partial charge in [-0.1, -0.05) is 5.16 Å². The number of rotatable bonds is 3. The summed E-state index contributed by atoms with van der Waals surface area (Å²) in [5.41, 5.74) is 1.76. The van der Waals surface area contributed by atoms with Crippen molar-refractivity contribution in [2.75, 3.05) is 12.4 Å². The highest BCUT2D eigenvalue weighted by atomic mass is 32.1. The standard InChI is InChI=1S/C15H15N3O5S/c1-7-6-9(23-18-7)12(19)16-14-11(13(20)17-15(21)22-2)8-4-3-5-10(8)24-14/h6H,3-5H2,1-2H3,(H,16,19)(H,17,20,21). The number of aromatic nitrogens is 1. The Balaban J connectivity index is 1.89. The van der Waals surface area contributed by atoms with E-state index in [1.165, 1.54) is 24.5 Å². The van der Waals surface area contributed by atoms with Gasteiger partial charge in [-0.25, -0.2) is 4.79 Å². The molecule has 24 heavy (non-hydrogen) atoms. The molecule has 3 rings (SSSR count). The smallest absolute Gasteiger partial charge is 0.413 e. The molecule has 126 valence electrons. The van der Waals surface area contributed by atoms with Crippen LogP contribution in [0, 0.1) is 6.92 Å². The van der Waals surface area contributed by atoms with Gasteiger partial charge in [0.2, 0.25) is 5.76 Å². The van der Waals surface area contributed by atoms with Crippen molar-refractivity contribution in [3.05, 3.63) is 33.5 Å². The molecule has 0 unspecified atom stereocenters. The van der Waals surface area contributed by atoms with E-state index in [2.05, 4.69) is 20.5 Å². The van der Waals surface area contributed by atoms with E-state index < -0.39 is 17.9 Å². The van der Waals surface area contributed by atoms with E-state index in [0.717, 1.165) is 29.7 Å². The summed E-state index contributed by atoms with van der Waals surface area (Å²) in [6.45, 7) is 1.70. The molecule has 3 amide bonds. The summed E-state index contributed by atoms with van der Waals surface area (Å²) in [6.07, 6.45) is 1.67. The number of hydrogen-bond donors (Lipinski definition) is 2. The number of aryl methyl sites for hydroxylation is 2. The zero-order valence-electron chi connectivity index (χ0n) is 13.1. The van der Waals surface area contributed by atoms with E-state index in [-0.39, 0.29) is 5.76 Å². The Hall–Kier alpha value is -2.68. The molecule has 0 atom stereocenters. The second-order valence-corrected chi connectivity index (χ2v) is 6.40. The van der Waals surface area contributed by atoms with Gasteiger partial charge in [0.25, 0.3) is 11.8 Å². The number of hydrogen-bond acceptors (Lipinski definition) is 7. The Morgan fingerprint density at radius 2 is 2.08 bits per heavy atom. The van der Waals surface area contributed by atoms with Crippen molar-refractivity contribution >= 4 is 34.2 Å². The lowest BCUT2D eigenvalue weighted by Crippen LogP contribution is -2.31. The highest BCUT2D eigenvalue weighted by Crippen LogP contribution is 2.39. The van der Waals surface area contributed by atoms with Crippen molar-refractivity contribution in [2.45, 2.75) is 26.2 Å². The molecule has 2 aromatic heterocycles. The molecule has 0 saturated heterocycles. The molecule has 0 spiro atoms. The number of imide groups is 1. The molecule has 0 aromatic carbocycles. The van der Waals surface area contributed by atoms with Gasteiger partial charge in [0.1, 0.15) is 5.00 Å². The first-order valence-corrected chi connectivity index (χ1v) is 8.09. The molecule has 2 heterocycles. The van der Waals surface area contributed by atoms with Crippen molar-refractivity contribution in [3.8, 4) is 0 Å². The first-order chi connectivity index (χ1) is 11.5. The summed E-state index contributed by atoms with van der Waals surface area (Å²) < 4.78 is 9.38. The second kappa shape index (κ2) is 6.44. The quantitative estimate of drug-likeness (QED) is 0.879. The number of nitrogens with one attached hydrogen (secondary N) is 2. The predicted octanol–water partition coefficient (Wildman–Crippen LogP) is 2.28. The number of carbonyl (C=O) groups excluding carboxylic acids is 3. The average Bonchev–Trinajstić information content (AvgIpc) is 3.22. The number of ether oxygens (including phenoxy) is 1. The maximum atomic E-state index is 12.4. The van der Waals surface area contributed by atoms with Crippen LogP contribution < -0.4 is 10.6 Å². The van der Waals surface area contributed by atoms with Crippen molar-refractivity contribution in [1.29, 1.82) is 0 Å². The molecule has 0 aliphatic heterocycles. The van der Waals surface area contributed by atoms with E-state index >= 15 is 0 Å².